The zero-order valence-corrected chi connectivity index (χ0v) is 13.8. The van der Waals surface area contributed by atoms with Crippen molar-refractivity contribution in [1.82, 2.24) is 25.3 Å². The minimum atomic E-state index is 0.399. The molecule has 0 bridgehead atoms. The van der Waals surface area contributed by atoms with E-state index in [9.17, 15) is 0 Å². The van der Waals surface area contributed by atoms with E-state index in [0.29, 0.717) is 30.3 Å². The number of rotatable bonds is 6. The Morgan fingerprint density at radius 3 is 2.76 bits per heavy atom. The van der Waals surface area contributed by atoms with Crippen molar-refractivity contribution in [1.29, 1.82) is 0 Å². The summed E-state index contributed by atoms with van der Waals surface area (Å²) < 4.78 is 10.4. The molecule has 1 saturated heterocycles. The van der Waals surface area contributed by atoms with E-state index in [2.05, 4.69) is 35.5 Å². The van der Waals surface area contributed by atoms with Gasteiger partial charge in [0.15, 0.2) is 11.6 Å². The molecule has 1 fully saturated rings. The van der Waals surface area contributed by atoms with Gasteiger partial charge in [-0.1, -0.05) is 0 Å². The van der Waals surface area contributed by atoms with Crippen LogP contribution in [-0.4, -0.2) is 51.5 Å². The Labute approximate surface area is 144 Å². The molecule has 4 rings (SSSR count). The van der Waals surface area contributed by atoms with Crippen molar-refractivity contribution in [3.8, 4) is 5.75 Å². The highest BCUT2D eigenvalue weighted by molar-refractivity contribution is 5.74. The third kappa shape index (κ3) is 3.59. The second-order valence-corrected chi connectivity index (χ2v) is 5.82. The van der Waals surface area contributed by atoms with E-state index in [0.717, 1.165) is 37.5 Å². The molecule has 130 valence electrons. The Balaban J connectivity index is 1.47. The van der Waals surface area contributed by atoms with Crippen LogP contribution < -0.4 is 15.0 Å². The lowest BCUT2D eigenvalue weighted by molar-refractivity contribution is 0.314. The first-order chi connectivity index (χ1) is 12.4. The van der Waals surface area contributed by atoms with Gasteiger partial charge >= 0.3 is 0 Å². The van der Waals surface area contributed by atoms with Gasteiger partial charge in [0.1, 0.15) is 12.4 Å². The van der Waals surface area contributed by atoms with Crippen LogP contribution in [0.1, 0.15) is 19.3 Å². The number of aromatic nitrogens is 5. The van der Waals surface area contributed by atoms with Crippen LogP contribution in [0.3, 0.4) is 0 Å². The first kappa shape index (κ1) is 15.6. The van der Waals surface area contributed by atoms with Gasteiger partial charge < -0.3 is 15.0 Å². The van der Waals surface area contributed by atoms with Gasteiger partial charge in [0.2, 0.25) is 11.3 Å². The van der Waals surface area contributed by atoms with Crippen LogP contribution in [0.15, 0.2) is 29.2 Å². The topological polar surface area (TPSA) is 102 Å². The summed E-state index contributed by atoms with van der Waals surface area (Å²) in [6.07, 6.45) is 6.96. The molecule has 3 aromatic heterocycles. The summed E-state index contributed by atoms with van der Waals surface area (Å²) in [4.78, 5) is 15.3. The molecule has 25 heavy (non-hydrogen) atoms. The molecular formula is C16H19N7O2. The molecule has 9 nitrogen and oxygen atoms in total. The fourth-order valence-electron chi connectivity index (χ4n) is 2.84. The summed E-state index contributed by atoms with van der Waals surface area (Å²) >= 11 is 0. The Morgan fingerprint density at radius 2 is 1.96 bits per heavy atom. The fraction of sp³-hybridized carbons (Fsp3) is 0.438. The summed E-state index contributed by atoms with van der Waals surface area (Å²) in [5.41, 5.74) is 0.828. The number of nitrogens with zero attached hydrogens (tertiary/aromatic N) is 6. The average molecular weight is 341 g/mol. The van der Waals surface area contributed by atoms with Crippen LogP contribution in [0.5, 0.6) is 5.75 Å². The predicted molar refractivity (Wildman–Crippen MR) is 91.7 cm³/mol. The van der Waals surface area contributed by atoms with Gasteiger partial charge in [-0.3, -0.25) is 4.98 Å². The monoisotopic (exact) mass is 341 g/mol. The van der Waals surface area contributed by atoms with Gasteiger partial charge in [-0.05, 0) is 41.7 Å². The molecule has 9 heteroatoms. The van der Waals surface area contributed by atoms with Crippen molar-refractivity contribution in [3.63, 3.8) is 0 Å². The number of anilines is 2. The molecule has 1 N–H and O–H groups in total. The van der Waals surface area contributed by atoms with Gasteiger partial charge in [0.05, 0.1) is 12.7 Å². The molecule has 0 aliphatic carbocycles. The molecule has 0 aromatic carbocycles. The summed E-state index contributed by atoms with van der Waals surface area (Å²) in [5.74, 6) is 2.21. The lowest BCUT2D eigenvalue weighted by atomic mass is 10.1. The highest BCUT2D eigenvalue weighted by Crippen LogP contribution is 2.26. The number of nitrogens with one attached hydrogen (secondary N) is 1. The van der Waals surface area contributed by atoms with Gasteiger partial charge in [0, 0.05) is 19.3 Å². The van der Waals surface area contributed by atoms with Crippen LogP contribution in [0.2, 0.25) is 0 Å². The minimum Gasteiger partial charge on any atom is -0.490 e. The van der Waals surface area contributed by atoms with Crippen molar-refractivity contribution >= 4 is 22.9 Å². The van der Waals surface area contributed by atoms with Gasteiger partial charge in [-0.25, -0.2) is 14.6 Å². The van der Waals surface area contributed by atoms with Crippen LogP contribution in [-0.2, 0) is 0 Å². The molecule has 0 amide bonds. The van der Waals surface area contributed by atoms with E-state index in [1.807, 2.05) is 12.1 Å². The van der Waals surface area contributed by atoms with Crippen LogP contribution >= 0.6 is 0 Å². The normalized spacial score (nSPS) is 14.6. The Kier molecular flexibility index (Phi) is 4.53. The maximum absolute atomic E-state index is 5.65. The van der Waals surface area contributed by atoms with Crippen molar-refractivity contribution in [2.24, 2.45) is 0 Å². The molecular weight excluding hydrogens is 322 g/mol. The van der Waals surface area contributed by atoms with Crippen LogP contribution in [0.4, 0.5) is 11.6 Å². The smallest absolute Gasteiger partial charge is 0.245 e. The van der Waals surface area contributed by atoms with Gasteiger partial charge in [-0.15, -0.1) is 0 Å². The average Bonchev–Trinajstić information content (AvgIpc) is 3.13. The first-order valence-electron chi connectivity index (χ1n) is 8.42. The quantitative estimate of drug-likeness (QED) is 0.673. The van der Waals surface area contributed by atoms with E-state index in [1.165, 1.54) is 6.42 Å². The Morgan fingerprint density at radius 1 is 1.12 bits per heavy atom. The third-order valence-electron chi connectivity index (χ3n) is 4.05. The Hall–Kier alpha value is -2.97. The largest absolute Gasteiger partial charge is 0.490 e. The molecule has 3 aromatic rings. The van der Waals surface area contributed by atoms with Crippen molar-refractivity contribution < 1.29 is 9.37 Å². The molecule has 4 heterocycles. The molecule has 0 saturated carbocycles. The minimum absolute atomic E-state index is 0.399. The van der Waals surface area contributed by atoms with Crippen molar-refractivity contribution in [3.05, 3.63) is 24.5 Å². The number of hydrogen-bond donors (Lipinski definition) is 1. The third-order valence-corrected chi connectivity index (χ3v) is 4.05. The molecule has 0 atom stereocenters. The molecule has 0 spiro atoms. The van der Waals surface area contributed by atoms with E-state index in [-0.39, 0.29) is 0 Å². The maximum Gasteiger partial charge on any atom is 0.245 e. The number of ether oxygens (including phenoxy) is 1. The maximum atomic E-state index is 5.65. The Bertz CT molecular complexity index is 818. The zero-order valence-electron chi connectivity index (χ0n) is 13.8. The number of fused-ring (bicyclic) bond motifs is 1. The highest BCUT2D eigenvalue weighted by atomic mass is 16.6. The second-order valence-electron chi connectivity index (χ2n) is 5.82. The van der Waals surface area contributed by atoms with E-state index in [1.54, 1.807) is 12.4 Å². The van der Waals surface area contributed by atoms with Crippen LogP contribution in [0, 0.1) is 0 Å². The molecule has 0 radical (unpaired) electrons. The highest BCUT2D eigenvalue weighted by Gasteiger charge is 2.20. The number of piperidine rings is 1. The molecule has 1 aliphatic heterocycles. The van der Waals surface area contributed by atoms with Gasteiger partial charge in [0.25, 0.3) is 0 Å². The summed E-state index contributed by atoms with van der Waals surface area (Å²) in [7, 11) is 0. The lowest BCUT2D eigenvalue weighted by Crippen LogP contribution is -2.31. The van der Waals surface area contributed by atoms with Crippen LogP contribution in [0.25, 0.3) is 11.3 Å². The first-order valence-corrected chi connectivity index (χ1v) is 8.42. The van der Waals surface area contributed by atoms with Gasteiger partial charge in [-0.2, -0.15) is 0 Å². The van der Waals surface area contributed by atoms with E-state index >= 15 is 0 Å². The second kappa shape index (κ2) is 7.29. The van der Waals surface area contributed by atoms with E-state index < -0.39 is 0 Å². The number of hydrogen-bond acceptors (Lipinski definition) is 9. The standard InChI is InChI=1S/C16H19N7O2/c1-2-8-23(9-3-1)16-15(19-13-14(20-16)22-25-21-13)18-7-10-24-12-5-4-6-17-11-12/h4-6,11H,1-3,7-10H2,(H,18,19,21). The lowest BCUT2D eigenvalue weighted by Gasteiger charge is -2.28. The molecule has 0 unspecified atom stereocenters. The predicted octanol–water partition coefficient (Wildman–Crippen LogP) is 1.89. The van der Waals surface area contributed by atoms with Crippen molar-refractivity contribution in [2.75, 3.05) is 36.5 Å². The SMILES string of the molecule is c1cncc(OCCNc2nc3nonc3nc2N2CCCCC2)c1. The summed E-state index contributed by atoms with van der Waals surface area (Å²) in [5, 5.41) is 10.9. The fourth-order valence-corrected chi connectivity index (χ4v) is 2.84. The number of pyridine rings is 1. The van der Waals surface area contributed by atoms with Crippen molar-refractivity contribution in [2.45, 2.75) is 19.3 Å². The summed E-state index contributed by atoms with van der Waals surface area (Å²) in [6.45, 7) is 3.00. The molecule has 1 aliphatic rings. The zero-order chi connectivity index (χ0) is 16.9. The van der Waals surface area contributed by atoms with E-state index in [4.69, 9.17) is 9.37 Å². The summed E-state index contributed by atoms with van der Waals surface area (Å²) in [6, 6.07) is 3.72.